The van der Waals surface area contributed by atoms with Crippen LogP contribution in [0.2, 0.25) is 0 Å². The molecule has 0 aliphatic carbocycles. The molecular formula is C17H33NO3. The second kappa shape index (κ2) is 9.09. The van der Waals surface area contributed by atoms with Crippen molar-refractivity contribution in [3.8, 4) is 0 Å². The van der Waals surface area contributed by atoms with Gasteiger partial charge in [-0.15, -0.1) is 0 Å². The Labute approximate surface area is 129 Å². The minimum atomic E-state index is 0.0963. The van der Waals surface area contributed by atoms with E-state index in [2.05, 4.69) is 19.2 Å². The molecule has 2 rings (SSSR count). The van der Waals surface area contributed by atoms with Gasteiger partial charge in [0.1, 0.15) is 0 Å². The number of rotatable bonds is 8. The number of hydrogen-bond donors (Lipinski definition) is 1. The molecule has 1 N–H and O–H groups in total. The average molecular weight is 299 g/mol. The summed E-state index contributed by atoms with van der Waals surface area (Å²) in [6.45, 7) is 9.77. The highest BCUT2D eigenvalue weighted by Crippen LogP contribution is 2.38. The van der Waals surface area contributed by atoms with Crippen LogP contribution in [0.25, 0.3) is 0 Å². The third-order valence-electron chi connectivity index (χ3n) is 4.89. The average Bonchev–Trinajstić information content (AvgIpc) is 2.51. The van der Waals surface area contributed by atoms with Gasteiger partial charge in [0.2, 0.25) is 0 Å². The van der Waals surface area contributed by atoms with Gasteiger partial charge < -0.3 is 19.5 Å². The lowest BCUT2D eigenvalue weighted by Gasteiger charge is -2.45. The first-order valence-electron chi connectivity index (χ1n) is 8.82. The van der Waals surface area contributed by atoms with E-state index in [-0.39, 0.29) is 5.60 Å². The second-order valence-electron chi connectivity index (χ2n) is 6.46. The smallest absolute Gasteiger partial charge is 0.0729 e. The lowest BCUT2D eigenvalue weighted by atomic mass is 9.77. The molecule has 2 atom stereocenters. The van der Waals surface area contributed by atoms with Gasteiger partial charge in [-0.25, -0.2) is 0 Å². The van der Waals surface area contributed by atoms with Gasteiger partial charge in [0.25, 0.3) is 0 Å². The number of ether oxygens (including phenoxy) is 3. The molecule has 2 saturated heterocycles. The molecule has 2 aliphatic heterocycles. The monoisotopic (exact) mass is 299 g/mol. The van der Waals surface area contributed by atoms with Gasteiger partial charge in [0.15, 0.2) is 0 Å². The van der Waals surface area contributed by atoms with Crippen LogP contribution in [0.5, 0.6) is 0 Å². The molecule has 124 valence electrons. The lowest BCUT2D eigenvalue weighted by Crippen LogP contribution is -2.49. The Balaban J connectivity index is 1.85. The fourth-order valence-corrected chi connectivity index (χ4v) is 3.72. The zero-order chi connectivity index (χ0) is 15.0. The van der Waals surface area contributed by atoms with E-state index in [1.807, 2.05) is 0 Å². The molecule has 2 unspecified atom stereocenters. The third-order valence-corrected chi connectivity index (χ3v) is 4.89. The Morgan fingerprint density at radius 1 is 1.19 bits per heavy atom. The van der Waals surface area contributed by atoms with Crippen molar-refractivity contribution < 1.29 is 14.2 Å². The van der Waals surface area contributed by atoms with E-state index in [4.69, 9.17) is 14.2 Å². The van der Waals surface area contributed by atoms with E-state index in [1.165, 1.54) is 12.8 Å². The molecule has 2 fully saturated rings. The van der Waals surface area contributed by atoms with Crippen LogP contribution in [0.3, 0.4) is 0 Å². The first-order valence-corrected chi connectivity index (χ1v) is 8.82. The van der Waals surface area contributed by atoms with Gasteiger partial charge in [0.05, 0.1) is 5.60 Å². The van der Waals surface area contributed by atoms with Crippen molar-refractivity contribution in [2.24, 2.45) is 5.92 Å². The second-order valence-corrected chi connectivity index (χ2v) is 6.46. The van der Waals surface area contributed by atoms with Gasteiger partial charge in [-0.1, -0.05) is 13.8 Å². The molecule has 4 nitrogen and oxygen atoms in total. The van der Waals surface area contributed by atoms with Crippen molar-refractivity contribution >= 4 is 0 Å². The Morgan fingerprint density at radius 2 is 2.00 bits per heavy atom. The molecule has 2 heterocycles. The quantitative estimate of drug-likeness (QED) is 0.700. The molecule has 0 bridgehead atoms. The van der Waals surface area contributed by atoms with Gasteiger partial charge in [-0.3, -0.25) is 0 Å². The van der Waals surface area contributed by atoms with Crippen LogP contribution < -0.4 is 5.32 Å². The summed E-state index contributed by atoms with van der Waals surface area (Å²) in [7, 11) is 0. The van der Waals surface area contributed by atoms with Crippen LogP contribution in [-0.2, 0) is 14.2 Å². The van der Waals surface area contributed by atoms with Crippen molar-refractivity contribution in [1.29, 1.82) is 0 Å². The van der Waals surface area contributed by atoms with E-state index in [0.29, 0.717) is 12.0 Å². The SMILES string of the molecule is CCCOCCC(NCC)C1CCOC2(CCOCC2)C1. The van der Waals surface area contributed by atoms with E-state index < -0.39 is 0 Å². The predicted octanol–water partition coefficient (Wildman–Crippen LogP) is 2.76. The van der Waals surface area contributed by atoms with E-state index in [1.54, 1.807) is 0 Å². The molecule has 0 amide bonds. The van der Waals surface area contributed by atoms with Crippen molar-refractivity contribution in [2.45, 2.75) is 64.0 Å². The first-order chi connectivity index (χ1) is 10.3. The minimum absolute atomic E-state index is 0.0963. The Hall–Kier alpha value is -0.160. The van der Waals surface area contributed by atoms with Gasteiger partial charge >= 0.3 is 0 Å². The molecule has 0 radical (unpaired) electrons. The normalized spacial score (nSPS) is 26.9. The molecule has 0 aromatic heterocycles. The molecule has 0 saturated carbocycles. The fraction of sp³-hybridized carbons (Fsp3) is 1.00. The zero-order valence-electron chi connectivity index (χ0n) is 13.9. The van der Waals surface area contributed by atoms with Crippen LogP contribution >= 0.6 is 0 Å². The maximum Gasteiger partial charge on any atom is 0.0729 e. The highest BCUT2D eigenvalue weighted by Gasteiger charge is 2.40. The summed E-state index contributed by atoms with van der Waals surface area (Å²) in [5.74, 6) is 0.710. The van der Waals surface area contributed by atoms with Crippen LogP contribution in [0.4, 0.5) is 0 Å². The topological polar surface area (TPSA) is 39.7 Å². The minimum Gasteiger partial charge on any atom is -0.381 e. The van der Waals surface area contributed by atoms with E-state index >= 15 is 0 Å². The maximum atomic E-state index is 6.17. The molecule has 1 spiro atoms. The predicted molar refractivity (Wildman–Crippen MR) is 84.7 cm³/mol. The third kappa shape index (κ3) is 5.20. The van der Waals surface area contributed by atoms with Gasteiger partial charge in [-0.2, -0.15) is 0 Å². The molecule has 0 aromatic rings. The highest BCUT2D eigenvalue weighted by atomic mass is 16.5. The lowest BCUT2D eigenvalue weighted by molar-refractivity contribution is -0.150. The van der Waals surface area contributed by atoms with Crippen molar-refractivity contribution in [3.05, 3.63) is 0 Å². The molecule has 0 aromatic carbocycles. The Kier molecular flexibility index (Phi) is 7.44. The molecule has 21 heavy (non-hydrogen) atoms. The standard InChI is InChI=1S/C17H33NO3/c1-3-9-19-10-6-16(18-4-2)15-5-11-21-17(14-15)7-12-20-13-8-17/h15-16,18H,3-14H2,1-2H3. The van der Waals surface area contributed by atoms with E-state index in [9.17, 15) is 0 Å². The van der Waals surface area contributed by atoms with Gasteiger partial charge in [-0.05, 0) is 51.0 Å². The first kappa shape index (κ1) is 17.2. The summed E-state index contributed by atoms with van der Waals surface area (Å²) in [4.78, 5) is 0. The van der Waals surface area contributed by atoms with Crippen LogP contribution in [0.15, 0.2) is 0 Å². The van der Waals surface area contributed by atoms with Crippen LogP contribution in [0.1, 0.15) is 52.4 Å². The van der Waals surface area contributed by atoms with Gasteiger partial charge in [0, 0.05) is 39.1 Å². The maximum absolute atomic E-state index is 6.17. The highest BCUT2D eigenvalue weighted by molar-refractivity contribution is 4.92. The number of hydrogen-bond acceptors (Lipinski definition) is 4. The molecule has 4 heteroatoms. The van der Waals surface area contributed by atoms with Crippen LogP contribution in [-0.4, -0.2) is 51.2 Å². The summed E-state index contributed by atoms with van der Waals surface area (Å²) in [5, 5.41) is 3.68. The summed E-state index contributed by atoms with van der Waals surface area (Å²) >= 11 is 0. The molecular weight excluding hydrogens is 266 g/mol. The largest absolute Gasteiger partial charge is 0.381 e. The Morgan fingerprint density at radius 3 is 2.71 bits per heavy atom. The van der Waals surface area contributed by atoms with Crippen molar-refractivity contribution in [1.82, 2.24) is 5.32 Å². The summed E-state index contributed by atoms with van der Waals surface area (Å²) in [6.07, 6.45) is 6.70. The van der Waals surface area contributed by atoms with Crippen LogP contribution in [0, 0.1) is 5.92 Å². The molecule has 2 aliphatic rings. The van der Waals surface area contributed by atoms with Crippen molar-refractivity contribution in [2.75, 3.05) is 39.6 Å². The zero-order valence-corrected chi connectivity index (χ0v) is 13.9. The van der Waals surface area contributed by atoms with E-state index in [0.717, 1.165) is 65.3 Å². The fourth-order valence-electron chi connectivity index (χ4n) is 3.72. The summed E-state index contributed by atoms with van der Waals surface area (Å²) in [6, 6.07) is 0.565. The number of nitrogens with one attached hydrogen (secondary N) is 1. The van der Waals surface area contributed by atoms with Crippen molar-refractivity contribution in [3.63, 3.8) is 0 Å². The summed E-state index contributed by atoms with van der Waals surface area (Å²) in [5.41, 5.74) is 0.0963. The Bertz CT molecular complexity index is 274. The summed E-state index contributed by atoms with van der Waals surface area (Å²) < 4.78 is 17.4.